The van der Waals surface area contributed by atoms with E-state index in [0.717, 1.165) is 18.4 Å². The van der Waals surface area contributed by atoms with Gasteiger partial charge in [-0.25, -0.2) is 0 Å². The highest BCUT2D eigenvalue weighted by atomic mass is 16.4. The molecule has 76 valence electrons. The minimum atomic E-state index is -1.47. The largest absolute Gasteiger partial charge is 0.526 e. The van der Waals surface area contributed by atoms with Gasteiger partial charge in [-0.1, -0.05) is 19.3 Å². The monoisotopic (exact) mass is 194 g/mol. The van der Waals surface area contributed by atoms with Crippen molar-refractivity contribution >= 4 is 12.8 Å². The molecule has 0 saturated heterocycles. The third-order valence-corrected chi connectivity index (χ3v) is 3.01. The summed E-state index contributed by atoms with van der Waals surface area (Å²) in [6.07, 6.45) is 7.58. The summed E-state index contributed by atoms with van der Waals surface area (Å²) < 4.78 is 5.08. The van der Waals surface area contributed by atoms with Crippen molar-refractivity contribution < 1.29 is 14.5 Å². The van der Waals surface area contributed by atoms with Gasteiger partial charge in [0.25, 0.3) is 0 Å². The Labute approximate surface area is 83.9 Å². The molecule has 0 aliphatic heterocycles. The summed E-state index contributed by atoms with van der Waals surface area (Å²) in [4.78, 5) is 0. The predicted octanol–water partition coefficient (Wildman–Crippen LogP) is 1.01. The molecule has 0 aromatic carbocycles. The van der Waals surface area contributed by atoms with Gasteiger partial charge >= 0.3 is 7.12 Å². The Morgan fingerprint density at radius 2 is 1.93 bits per heavy atom. The fourth-order valence-corrected chi connectivity index (χ4v) is 2.29. The molecule has 1 aliphatic carbocycles. The first-order chi connectivity index (χ1) is 6.79. The van der Waals surface area contributed by atoms with Gasteiger partial charge < -0.3 is 14.5 Å². The zero-order valence-electron chi connectivity index (χ0n) is 8.15. The Bertz CT molecular complexity index is 289. The van der Waals surface area contributed by atoms with Crippen LogP contribution in [0.5, 0.6) is 0 Å². The molecule has 4 heteroatoms. The maximum Gasteiger partial charge on any atom is 0.526 e. The summed E-state index contributed by atoms with van der Waals surface area (Å²) in [5, 5.41) is 18.2. The van der Waals surface area contributed by atoms with Crippen molar-refractivity contribution in [3.8, 4) is 0 Å². The summed E-state index contributed by atoms with van der Waals surface area (Å²) in [7, 11) is -1.47. The lowest BCUT2D eigenvalue weighted by molar-refractivity contribution is 0.403. The Morgan fingerprint density at radius 3 is 2.57 bits per heavy atom. The summed E-state index contributed by atoms with van der Waals surface area (Å²) in [6, 6.07) is 1.87. The highest BCUT2D eigenvalue weighted by Gasteiger charge is 2.26. The molecular weight excluding hydrogens is 179 g/mol. The molecule has 3 nitrogen and oxygen atoms in total. The highest BCUT2D eigenvalue weighted by Crippen LogP contribution is 2.31. The summed E-state index contributed by atoms with van der Waals surface area (Å²) >= 11 is 0. The van der Waals surface area contributed by atoms with Gasteiger partial charge in [-0.2, -0.15) is 0 Å². The molecule has 2 rings (SSSR count). The number of hydrogen-bond donors (Lipinski definition) is 2. The minimum absolute atomic E-state index is 0.330. The topological polar surface area (TPSA) is 53.6 Å². The second-order valence-electron chi connectivity index (χ2n) is 3.95. The summed E-state index contributed by atoms with van der Waals surface area (Å²) in [6.45, 7) is 0. The zero-order chi connectivity index (χ0) is 9.97. The predicted molar refractivity (Wildman–Crippen MR) is 54.4 cm³/mol. The van der Waals surface area contributed by atoms with Crippen molar-refractivity contribution in [3.63, 3.8) is 0 Å². The van der Waals surface area contributed by atoms with Gasteiger partial charge in [-0.15, -0.1) is 0 Å². The molecule has 0 amide bonds. The van der Waals surface area contributed by atoms with E-state index in [-0.39, 0.29) is 0 Å². The standard InChI is InChI=1S/C10H15BO3/c12-11(13)10-9(6-7-14-10)8-4-2-1-3-5-8/h6-8,12-13H,1-5H2. The van der Waals surface area contributed by atoms with Crippen LogP contribution in [-0.2, 0) is 0 Å². The Morgan fingerprint density at radius 1 is 1.21 bits per heavy atom. The van der Waals surface area contributed by atoms with Crippen LogP contribution in [0.4, 0.5) is 0 Å². The van der Waals surface area contributed by atoms with Crippen molar-refractivity contribution in [1.82, 2.24) is 0 Å². The Balaban J connectivity index is 2.17. The third kappa shape index (κ3) is 1.86. The average molecular weight is 194 g/mol. The first-order valence-corrected chi connectivity index (χ1v) is 5.22. The van der Waals surface area contributed by atoms with Crippen LogP contribution in [0.25, 0.3) is 0 Å². The van der Waals surface area contributed by atoms with Crippen LogP contribution in [0.15, 0.2) is 16.7 Å². The molecule has 0 bridgehead atoms. The van der Waals surface area contributed by atoms with Gasteiger partial charge in [0, 0.05) is 0 Å². The van der Waals surface area contributed by atoms with Crippen LogP contribution in [0.1, 0.15) is 43.6 Å². The van der Waals surface area contributed by atoms with E-state index in [9.17, 15) is 0 Å². The normalized spacial score (nSPS) is 18.4. The fourth-order valence-electron chi connectivity index (χ4n) is 2.29. The maximum atomic E-state index is 9.09. The molecule has 1 fully saturated rings. The molecule has 1 aromatic heterocycles. The van der Waals surface area contributed by atoms with E-state index < -0.39 is 7.12 Å². The second-order valence-corrected chi connectivity index (χ2v) is 3.95. The Kier molecular flexibility index (Phi) is 2.94. The molecule has 2 N–H and O–H groups in total. The van der Waals surface area contributed by atoms with Crippen LogP contribution >= 0.6 is 0 Å². The van der Waals surface area contributed by atoms with E-state index in [0.29, 0.717) is 11.6 Å². The van der Waals surface area contributed by atoms with Crippen molar-refractivity contribution in [2.45, 2.75) is 38.0 Å². The van der Waals surface area contributed by atoms with Gasteiger partial charge in [0.2, 0.25) is 0 Å². The van der Waals surface area contributed by atoms with Crippen molar-refractivity contribution in [2.75, 3.05) is 0 Å². The van der Waals surface area contributed by atoms with Gasteiger partial charge in [-0.05, 0) is 30.4 Å². The number of furan rings is 1. The van der Waals surface area contributed by atoms with Crippen LogP contribution in [0.3, 0.4) is 0 Å². The van der Waals surface area contributed by atoms with Crippen molar-refractivity contribution in [1.29, 1.82) is 0 Å². The van der Waals surface area contributed by atoms with E-state index in [4.69, 9.17) is 14.5 Å². The average Bonchev–Trinajstić information content (AvgIpc) is 2.67. The first kappa shape index (κ1) is 9.81. The fraction of sp³-hybridized carbons (Fsp3) is 0.600. The minimum Gasteiger partial charge on any atom is -0.473 e. The first-order valence-electron chi connectivity index (χ1n) is 5.22. The lowest BCUT2D eigenvalue weighted by atomic mass is 9.76. The number of rotatable bonds is 2. The van der Waals surface area contributed by atoms with Gasteiger partial charge in [-0.3, -0.25) is 0 Å². The molecule has 1 saturated carbocycles. The van der Waals surface area contributed by atoms with Crippen LogP contribution in [-0.4, -0.2) is 17.2 Å². The third-order valence-electron chi connectivity index (χ3n) is 3.01. The number of hydrogen-bond acceptors (Lipinski definition) is 3. The lowest BCUT2D eigenvalue weighted by Gasteiger charge is -2.21. The Hall–Kier alpha value is -0.735. The van der Waals surface area contributed by atoms with Crippen molar-refractivity contribution in [3.05, 3.63) is 17.9 Å². The molecule has 0 spiro atoms. The van der Waals surface area contributed by atoms with E-state index in [1.165, 1.54) is 19.3 Å². The summed E-state index contributed by atoms with van der Waals surface area (Å²) in [5.74, 6) is 0.458. The van der Waals surface area contributed by atoms with Crippen LogP contribution < -0.4 is 5.66 Å². The van der Waals surface area contributed by atoms with E-state index in [1.54, 1.807) is 6.26 Å². The van der Waals surface area contributed by atoms with E-state index >= 15 is 0 Å². The molecule has 0 atom stereocenters. The van der Waals surface area contributed by atoms with E-state index in [1.807, 2.05) is 6.07 Å². The quantitative estimate of drug-likeness (QED) is 0.690. The molecule has 1 heterocycles. The van der Waals surface area contributed by atoms with Crippen molar-refractivity contribution in [2.24, 2.45) is 0 Å². The molecule has 1 aromatic rings. The zero-order valence-corrected chi connectivity index (χ0v) is 8.15. The maximum absolute atomic E-state index is 9.09. The molecular formula is C10H15BO3. The molecule has 0 radical (unpaired) electrons. The van der Waals surface area contributed by atoms with Gasteiger partial charge in [0.1, 0.15) is 5.66 Å². The molecule has 0 unspecified atom stereocenters. The smallest absolute Gasteiger partial charge is 0.473 e. The second kappa shape index (κ2) is 4.19. The highest BCUT2D eigenvalue weighted by molar-refractivity contribution is 6.57. The van der Waals surface area contributed by atoms with Gasteiger partial charge in [0.15, 0.2) is 0 Å². The molecule has 1 aliphatic rings. The van der Waals surface area contributed by atoms with Crippen LogP contribution in [0, 0.1) is 0 Å². The molecule has 14 heavy (non-hydrogen) atoms. The van der Waals surface area contributed by atoms with Gasteiger partial charge in [0.05, 0.1) is 6.26 Å². The SMILES string of the molecule is OB(O)c1occc1C1CCCCC1. The van der Waals surface area contributed by atoms with Crippen LogP contribution in [0.2, 0.25) is 0 Å². The summed E-state index contributed by atoms with van der Waals surface area (Å²) in [5.41, 5.74) is 1.32. The van der Waals surface area contributed by atoms with E-state index in [2.05, 4.69) is 0 Å². The lowest BCUT2D eigenvalue weighted by Crippen LogP contribution is -2.32.